The molecule has 1 heteroatoms. The van der Waals surface area contributed by atoms with Crippen LogP contribution in [0, 0.1) is 17.3 Å². The van der Waals surface area contributed by atoms with E-state index in [1.807, 2.05) is 0 Å². The molecule has 0 heterocycles. The zero-order chi connectivity index (χ0) is 10.5. The number of hydrogen-bond donors (Lipinski definition) is 1. The summed E-state index contributed by atoms with van der Waals surface area (Å²) in [6, 6.07) is 0. The van der Waals surface area contributed by atoms with Gasteiger partial charge in [0.05, 0.1) is 0 Å². The highest BCUT2D eigenvalue weighted by molar-refractivity contribution is 4.70. The fourth-order valence-electron chi connectivity index (χ4n) is 1.14. The van der Waals surface area contributed by atoms with E-state index in [2.05, 4.69) is 46.9 Å². The van der Waals surface area contributed by atoms with Crippen molar-refractivity contribution in [2.75, 3.05) is 13.1 Å². The Hall–Kier alpha value is -0.0400. The SMILES string of the molecule is CC(C)CNCCC(C)C(C)(C)C. The quantitative estimate of drug-likeness (QED) is 0.648. The Labute approximate surface area is 84.3 Å². The molecule has 0 rings (SSSR count). The van der Waals surface area contributed by atoms with Crippen LogP contribution in [-0.2, 0) is 0 Å². The molecule has 0 spiro atoms. The van der Waals surface area contributed by atoms with Gasteiger partial charge >= 0.3 is 0 Å². The lowest BCUT2D eigenvalue weighted by Gasteiger charge is -2.27. The summed E-state index contributed by atoms with van der Waals surface area (Å²) in [7, 11) is 0. The minimum absolute atomic E-state index is 0.458. The summed E-state index contributed by atoms with van der Waals surface area (Å²) >= 11 is 0. The molecule has 1 N–H and O–H groups in total. The van der Waals surface area contributed by atoms with Crippen molar-refractivity contribution in [3.05, 3.63) is 0 Å². The first-order valence-corrected chi connectivity index (χ1v) is 5.54. The summed E-state index contributed by atoms with van der Waals surface area (Å²) in [5, 5.41) is 3.49. The molecular weight excluding hydrogens is 158 g/mol. The van der Waals surface area contributed by atoms with Crippen LogP contribution in [-0.4, -0.2) is 13.1 Å². The van der Waals surface area contributed by atoms with Crippen LogP contribution in [0.2, 0.25) is 0 Å². The first-order chi connectivity index (χ1) is 5.84. The lowest BCUT2D eigenvalue weighted by molar-refractivity contribution is 0.244. The maximum Gasteiger partial charge on any atom is -0.00258 e. The third-order valence-corrected chi connectivity index (χ3v) is 2.79. The Bertz CT molecular complexity index is 122. The highest BCUT2D eigenvalue weighted by Gasteiger charge is 2.18. The molecule has 1 unspecified atom stereocenters. The highest BCUT2D eigenvalue weighted by Crippen LogP contribution is 2.27. The Morgan fingerprint density at radius 2 is 1.62 bits per heavy atom. The van der Waals surface area contributed by atoms with Gasteiger partial charge in [0.2, 0.25) is 0 Å². The predicted octanol–water partition coefficient (Wildman–Crippen LogP) is 3.30. The van der Waals surface area contributed by atoms with Crippen LogP contribution in [0.25, 0.3) is 0 Å². The van der Waals surface area contributed by atoms with Crippen molar-refractivity contribution >= 4 is 0 Å². The molecule has 0 bridgehead atoms. The fraction of sp³-hybridized carbons (Fsp3) is 1.00. The van der Waals surface area contributed by atoms with Crippen molar-refractivity contribution in [1.82, 2.24) is 5.32 Å². The summed E-state index contributed by atoms with van der Waals surface area (Å²) in [6.07, 6.45) is 1.29. The van der Waals surface area contributed by atoms with E-state index < -0.39 is 0 Å². The first kappa shape index (κ1) is 13.0. The van der Waals surface area contributed by atoms with E-state index >= 15 is 0 Å². The molecule has 0 aliphatic carbocycles. The van der Waals surface area contributed by atoms with Crippen LogP contribution in [0.15, 0.2) is 0 Å². The molecule has 80 valence electrons. The van der Waals surface area contributed by atoms with E-state index in [4.69, 9.17) is 0 Å². The van der Waals surface area contributed by atoms with Crippen LogP contribution < -0.4 is 5.32 Å². The molecule has 13 heavy (non-hydrogen) atoms. The predicted molar refractivity (Wildman–Crippen MR) is 60.9 cm³/mol. The molecule has 0 aliphatic heterocycles. The lowest BCUT2D eigenvalue weighted by Crippen LogP contribution is -2.26. The Kier molecular flexibility index (Phi) is 5.62. The van der Waals surface area contributed by atoms with Gasteiger partial charge in [-0.2, -0.15) is 0 Å². The van der Waals surface area contributed by atoms with Gasteiger partial charge in [-0.05, 0) is 36.8 Å². The molecule has 0 aliphatic rings. The van der Waals surface area contributed by atoms with E-state index in [1.54, 1.807) is 0 Å². The minimum atomic E-state index is 0.458. The minimum Gasteiger partial charge on any atom is -0.316 e. The van der Waals surface area contributed by atoms with Gasteiger partial charge in [-0.3, -0.25) is 0 Å². The molecule has 0 radical (unpaired) electrons. The van der Waals surface area contributed by atoms with Gasteiger partial charge in [0.1, 0.15) is 0 Å². The molecule has 0 aromatic carbocycles. The average Bonchev–Trinajstić information content (AvgIpc) is 1.95. The molecule has 0 amide bonds. The third-order valence-electron chi connectivity index (χ3n) is 2.79. The van der Waals surface area contributed by atoms with Crippen LogP contribution in [0.3, 0.4) is 0 Å². The van der Waals surface area contributed by atoms with Crippen molar-refractivity contribution in [3.63, 3.8) is 0 Å². The van der Waals surface area contributed by atoms with Crippen molar-refractivity contribution in [2.24, 2.45) is 17.3 Å². The molecule has 0 aromatic heterocycles. The molecular formula is C12H27N. The second kappa shape index (κ2) is 5.64. The first-order valence-electron chi connectivity index (χ1n) is 5.54. The zero-order valence-electron chi connectivity index (χ0n) is 10.3. The van der Waals surface area contributed by atoms with Crippen molar-refractivity contribution in [2.45, 2.75) is 48.0 Å². The number of nitrogens with one attached hydrogen (secondary N) is 1. The highest BCUT2D eigenvalue weighted by atomic mass is 14.8. The monoisotopic (exact) mass is 185 g/mol. The second-order valence-electron chi connectivity index (χ2n) is 5.65. The summed E-state index contributed by atoms with van der Waals surface area (Å²) in [5.41, 5.74) is 0.458. The van der Waals surface area contributed by atoms with Crippen LogP contribution >= 0.6 is 0 Å². The van der Waals surface area contributed by atoms with Gasteiger partial charge in [-0.25, -0.2) is 0 Å². The maximum absolute atomic E-state index is 3.49. The molecule has 0 fully saturated rings. The van der Waals surface area contributed by atoms with E-state index in [-0.39, 0.29) is 0 Å². The Balaban J connectivity index is 3.43. The Morgan fingerprint density at radius 1 is 1.08 bits per heavy atom. The fourth-order valence-corrected chi connectivity index (χ4v) is 1.14. The van der Waals surface area contributed by atoms with Crippen molar-refractivity contribution < 1.29 is 0 Å². The summed E-state index contributed by atoms with van der Waals surface area (Å²) in [4.78, 5) is 0. The smallest absolute Gasteiger partial charge is 0.00258 e. The van der Waals surface area contributed by atoms with Crippen LogP contribution in [0.4, 0.5) is 0 Å². The lowest BCUT2D eigenvalue weighted by atomic mass is 9.80. The normalized spacial score (nSPS) is 15.0. The van der Waals surface area contributed by atoms with Gasteiger partial charge in [-0.1, -0.05) is 41.5 Å². The molecule has 0 saturated heterocycles. The molecule has 1 nitrogen and oxygen atoms in total. The Morgan fingerprint density at radius 3 is 2.00 bits per heavy atom. The van der Waals surface area contributed by atoms with Crippen LogP contribution in [0.5, 0.6) is 0 Å². The number of rotatable bonds is 5. The van der Waals surface area contributed by atoms with E-state index in [1.165, 1.54) is 6.42 Å². The van der Waals surface area contributed by atoms with Gasteiger partial charge < -0.3 is 5.32 Å². The van der Waals surface area contributed by atoms with Gasteiger partial charge in [0, 0.05) is 0 Å². The second-order valence-corrected chi connectivity index (χ2v) is 5.65. The summed E-state index contributed by atoms with van der Waals surface area (Å²) in [5.74, 6) is 1.57. The summed E-state index contributed by atoms with van der Waals surface area (Å²) < 4.78 is 0. The number of hydrogen-bond acceptors (Lipinski definition) is 1. The van der Waals surface area contributed by atoms with Gasteiger partial charge in [0.15, 0.2) is 0 Å². The topological polar surface area (TPSA) is 12.0 Å². The van der Waals surface area contributed by atoms with E-state index in [9.17, 15) is 0 Å². The van der Waals surface area contributed by atoms with Crippen molar-refractivity contribution in [3.8, 4) is 0 Å². The molecule has 0 aromatic rings. The standard InChI is InChI=1S/C12H27N/c1-10(2)9-13-8-7-11(3)12(4,5)6/h10-11,13H,7-9H2,1-6H3. The maximum atomic E-state index is 3.49. The largest absolute Gasteiger partial charge is 0.316 e. The van der Waals surface area contributed by atoms with E-state index in [0.717, 1.165) is 24.9 Å². The third kappa shape index (κ3) is 7.06. The van der Waals surface area contributed by atoms with Crippen LogP contribution in [0.1, 0.15) is 48.0 Å². The molecule has 0 saturated carbocycles. The van der Waals surface area contributed by atoms with E-state index in [0.29, 0.717) is 5.41 Å². The molecule has 1 atom stereocenters. The van der Waals surface area contributed by atoms with Gasteiger partial charge in [-0.15, -0.1) is 0 Å². The summed E-state index contributed by atoms with van der Waals surface area (Å²) in [6.45, 7) is 16.1. The average molecular weight is 185 g/mol. The van der Waals surface area contributed by atoms with Gasteiger partial charge in [0.25, 0.3) is 0 Å². The van der Waals surface area contributed by atoms with Crippen molar-refractivity contribution in [1.29, 1.82) is 0 Å². The zero-order valence-corrected chi connectivity index (χ0v) is 10.3.